The molecule has 4 rings (SSSR count). The van der Waals surface area contributed by atoms with Crippen LogP contribution in [0.1, 0.15) is 49.0 Å². The normalized spacial score (nSPS) is 17.7. The zero-order chi connectivity index (χ0) is 29.1. The lowest BCUT2D eigenvalue weighted by Gasteiger charge is -2.31. The Labute approximate surface area is 247 Å². The Morgan fingerprint density at radius 1 is 1.15 bits per heavy atom. The maximum Gasteiger partial charge on any atom is 0.266 e. The van der Waals surface area contributed by atoms with Gasteiger partial charge in [-0.25, -0.2) is 10.4 Å². The molecular weight excluding hydrogens is 588 g/mol. The molecule has 0 spiro atoms. The number of aliphatic imine (C=N–C) groups is 1. The van der Waals surface area contributed by atoms with Gasteiger partial charge in [0, 0.05) is 52.2 Å². The van der Waals surface area contributed by atoms with Crippen LogP contribution in [0.4, 0.5) is 5.69 Å². The number of aliphatic hydroxyl groups excluding tert-OH is 1. The van der Waals surface area contributed by atoms with Crippen molar-refractivity contribution < 1.29 is 19.4 Å². The number of carbonyl (C=O) groups excluding carboxylic acids is 1. The zero-order valence-electron chi connectivity index (χ0n) is 22.8. The lowest BCUT2D eigenvalue weighted by molar-refractivity contribution is -0.130. The first kappa shape index (κ1) is 30.1. The number of amides is 1. The summed E-state index contributed by atoms with van der Waals surface area (Å²) in [5.74, 6) is 0.581. The summed E-state index contributed by atoms with van der Waals surface area (Å²) in [6.07, 6.45) is 1.70. The number of unbranched alkanes of at least 4 members (excludes halogenated alkanes) is 1. The van der Waals surface area contributed by atoms with Crippen LogP contribution in [0.2, 0.25) is 0 Å². The predicted molar refractivity (Wildman–Crippen MR) is 161 cm³/mol. The number of azide groups is 1. The molecule has 41 heavy (non-hydrogen) atoms. The summed E-state index contributed by atoms with van der Waals surface area (Å²) in [5, 5.41) is 12.9. The second-order valence-electron chi connectivity index (χ2n) is 9.54. The van der Waals surface area contributed by atoms with E-state index in [0.717, 1.165) is 22.9 Å². The number of carbonyl (C=O) groups is 1. The first-order valence-corrected chi connectivity index (χ1v) is 14.3. The van der Waals surface area contributed by atoms with Crippen LogP contribution in [-0.4, -0.2) is 42.2 Å². The number of hydrazine groups is 1. The van der Waals surface area contributed by atoms with Gasteiger partial charge in [-0.15, -0.1) is 0 Å². The van der Waals surface area contributed by atoms with E-state index in [1.165, 1.54) is 0 Å². The number of aliphatic hydroxyl groups is 1. The molecule has 214 valence electrons. The van der Waals surface area contributed by atoms with Crippen molar-refractivity contribution in [2.24, 2.45) is 10.1 Å². The molecular formula is C30H33BrN6O4. The highest BCUT2D eigenvalue weighted by Gasteiger charge is 2.54. The Kier molecular flexibility index (Phi) is 10.8. The summed E-state index contributed by atoms with van der Waals surface area (Å²) >= 11 is 3.64. The van der Waals surface area contributed by atoms with Crippen molar-refractivity contribution in [3.63, 3.8) is 0 Å². The summed E-state index contributed by atoms with van der Waals surface area (Å²) in [4.78, 5) is 22.1. The van der Waals surface area contributed by atoms with Gasteiger partial charge in [0.05, 0.1) is 6.61 Å². The molecule has 11 heteroatoms. The standard InChI is InChI=1S/C30H33BrN6O4/c1-2-3-17-33-36-29(39)30(20-22-9-4-7-12-26(22)35-37-32)27(24-10-5-6-11-25(24)31)41-28(34-30)21-13-15-23(16-14-21)40-19-8-18-38/h4-7,9-16,27,33,38H,2-3,8,17-20H2,1H3,(H,36,39)/t27-,30-/m0/s1. The maximum absolute atomic E-state index is 14.2. The van der Waals surface area contributed by atoms with Crippen LogP contribution >= 0.6 is 15.9 Å². The molecule has 0 saturated heterocycles. The Balaban J connectivity index is 1.81. The van der Waals surface area contributed by atoms with Crippen molar-refractivity contribution >= 4 is 33.4 Å². The molecule has 0 saturated carbocycles. The van der Waals surface area contributed by atoms with Gasteiger partial charge in [0.15, 0.2) is 11.6 Å². The minimum absolute atomic E-state index is 0.0550. The molecule has 1 heterocycles. The van der Waals surface area contributed by atoms with Gasteiger partial charge in [-0.3, -0.25) is 10.2 Å². The number of hydrogen-bond acceptors (Lipinski definition) is 7. The van der Waals surface area contributed by atoms with Gasteiger partial charge in [0.25, 0.3) is 5.91 Å². The lowest BCUT2D eigenvalue weighted by atomic mass is 9.81. The van der Waals surface area contributed by atoms with Crippen LogP contribution in [-0.2, 0) is 16.0 Å². The van der Waals surface area contributed by atoms with E-state index in [-0.39, 0.29) is 18.9 Å². The van der Waals surface area contributed by atoms with Crippen LogP contribution in [0.3, 0.4) is 0 Å². The summed E-state index contributed by atoms with van der Waals surface area (Å²) in [6.45, 7) is 3.13. The number of nitrogens with one attached hydrogen (secondary N) is 2. The SMILES string of the molecule is CCCCNNC(=O)[C@@]1(Cc2ccccc2N=[N+]=[N-])N=C(c2ccc(OCCCO)cc2)O[C@H]1c1ccccc1Br. The Hall–Kier alpha value is -3.89. The minimum atomic E-state index is -1.45. The van der Waals surface area contributed by atoms with Gasteiger partial charge in [-0.1, -0.05) is 76.9 Å². The summed E-state index contributed by atoms with van der Waals surface area (Å²) in [6, 6.07) is 22.0. The van der Waals surface area contributed by atoms with Crippen molar-refractivity contribution in [1.29, 1.82) is 0 Å². The van der Waals surface area contributed by atoms with Crippen LogP contribution < -0.4 is 15.6 Å². The number of halogens is 1. The van der Waals surface area contributed by atoms with Crippen LogP contribution in [0.5, 0.6) is 5.75 Å². The second-order valence-corrected chi connectivity index (χ2v) is 10.4. The predicted octanol–water partition coefficient (Wildman–Crippen LogP) is 6.07. The largest absolute Gasteiger partial charge is 0.494 e. The molecule has 2 atom stereocenters. The first-order valence-electron chi connectivity index (χ1n) is 13.5. The number of hydrogen-bond donors (Lipinski definition) is 3. The van der Waals surface area contributed by atoms with Gasteiger partial charge < -0.3 is 14.6 Å². The third kappa shape index (κ3) is 7.25. The van der Waals surface area contributed by atoms with E-state index in [1.54, 1.807) is 24.3 Å². The van der Waals surface area contributed by atoms with E-state index in [1.807, 2.05) is 48.5 Å². The van der Waals surface area contributed by atoms with Crippen molar-refractivity contribution in [2.45, 2.75) is 44.2 Å². The Morgan fingerprint density at radius 2 is 1.90 bits per heavy atom. The van der Waals surface area contributed by atoms with E-state index in [2.05, 4.69) is 43.7 Å². The van der Waals surface area contributed by atoms with Crippen LogP contribution in [0, 0.1) is 0 Å². The third-order valence-corrected chi connectivity index (χ3v) is 7.40. The molecule has 0 aliphatic carbocycles. The molecule has 0 fully saturated rings. The monoisotopic (exact) mass is 620 g/mol. The Morgan fingerprint density at radius 3 is 2.63 bits per heavy atom. The number of nitrogens with zero attached hydrogens (tertiary/aromatic N) is 4. The molecule has 3 aromatic rings. The van der Waals surface area contributed by atoms with Crippen LogP contribution in [0.15, 0.2) is 87.4 Å². The number of benzene rings is 3. The van der Waals surface area contributed by atoms with E-state index in [9.17, 15) is 10.3 Å². The van der Waals surface area contributed by atoms with E-state index >= 15 is 0 Å². The van der Waals surface area contributed by atoms with Crippen molar-refractivity contribution in [1.82, 2.24) is 10.9 Å². The Bertz CT molecular complexity index is 1410. The molecule has 1 amide bonds. The molecule has 0 unspecified atom stereocenters. The van der Waals surface area contributed by atoms with Crippen LogP contribution in [0.25, 0.3) is 10.4 Å². The van der Waals surface area contributed by atoms with Gasteiger partial charge in [-0.05, 0) is 47.8 Å². The molecule has 3 N–H and O–H groups in total. The summed E-state index contributed by atoms with van der Waals surface area (Å²) < 4.78 is 13.0. The molecule has 0 bridgehead atoms. The topological polar surface area (TPSA) is 141 Å². The van der Waals surface area contributed by atoms with Gasteiger partial charge in [0.1, 0.15) is 5.75 Å². The van der Waals surface area contributed by atoms with Crippen molar-refractivity contribution in [2.75, 3.05) is 19.8 Å². The summed E-state index contributed by atoms with van der Waals surface area (Å²) in [7, 11) is 0. The van der Waals surface area contributed by atoms with E-state index in [4.69, 9.17) is 19.6 Å². The second kappa shape index (κ2) is 14.7. The fourth-order valence-corrected chi connectivity index (χ4v) is 5.05. The fraction of sp³-hybridized carbons (Fsp3) is 0.333. The average Bonchev–Trinajstić information content (AvgIpc) is 3.37. The van der Waals surface area contributed by atoms with Gasteiger partial charge in [0.2, 0.25) is 5.90 Å². The fourth-order valence-electron chi connectivity index (χ4n) is 4.56. The lowest BCUT2D eigenvalue weighted by Crippen LogP contribution is -2.54. The molecule has 1 aliphatic heterocycles. The first-order chi connectivity index (χ1) is 20.0. The van der Waals surface area contributed by atoms with Crippen molar-refractivity contribution in [3.8, 4) is 5.75 Å². The highest BCUT2D eigenvalue weighted by molar-refractivity contribution is 9.10. The third-order valence-electron chi connectivity index (χ3n) is 6.68. The molecule has 1 aliphatic rings. The van der Waals surface area contributed by atoms with Gasteiger partial charge >= 0.3 is 0 Å². The van der Waals surface area contributed by atoms with E-state index in [0.29, 0.717) is 48.0 Å². The minimum Gasteiger partial charge on any atom is -0.494 e. The number of rotatable bonds is 14. The molecule has 0 aromatic heterocycles. The number of ether oxygens (including phenoxy) is 2. The highest BCUT2D eigenvalue weighted by atomic mass is 79.9. The van der Waals surface area contributed by atoms with Crippen molar-refractivity contribution in [3.05, 3.63) is 104 Å². The molecule has 3 aromatic carbocycles. The zero-order valence-corrected chi connectivity index (χ0v) is 24.4. The van der Waals surface area contributed by atoms with E-state index < -0.39 is 11.6 Å². The molecule has 10 nitrogen and oxygen atoms in total. The average molecular weight is 622 g/mol. The summed E-state index contributed by atoms with van der Waals surface area (Å²) in [5.41, 5.74) is 16.1. The smallest absolute Gasteiger partial charge is 0.266 e. The van der Waals surface area contributed by atoms with Gasteiger partial charge in [-0.2, -0.15) is 0 Å². The highest BCUT2D eigenvalue weighted by Crippen LogP contribution is 2.45. The quantitative estimate of drug-likeness (QED) is 0.0659. The molecule has 0 radical (unpaired) electrons. The maximum atomic E-state index is 14.2.